The second-order valence-electron chi connectivity index (χ2n) is 6.64. The van der Waals surface area contributed by atoms with E-state index in [0.29, 0.717) is 23.1 Å². The van der Waals surface area contributed by atoms with Gasteiger partial charge >= 0.3 is 0 Å². The van der Waals surface area contributed by atoms with Gasteiger partial charge < -0.3 is 9.30 Å². The van der Waals surface area contributed by atoms with Crippen molar-refractivity contribution in [3.63, 3.8) is 0 Å². The van der Waals surface area contributed by atoms with Crippen molar-refractivity contribution in [3.05, 3.63) is 62.3 Å². The molecule has 6 heteroatoms. The molecule has 1 fully saturated rings. The van der Waals surface area contributed by atoms with Crippen LogP contribution < -0.4 is 11.1 Å². The molecule has 1 atom stereocenters. The van der Waals surface area contributed by atoms with Crippen molar-refractivity contribution in [2.24, 2.45) is 0 Å². The van der Waals surface area contributed by atoms with E-state index in [1.165, 1.54) is 10.7 Å². The molecule has 1 unspecified atom stereocenters. The van der Waals surface area contributed by atoms with Crippen LogP contribution in [0.4, 0.5) is 0 Å². The molecular formula is C19H21N3O3. The van der Waals surface area contributed by atoms with Crippen molar-refractivity contribution in [3.8, 4) is 5.69 Å². The number of benzene rings is 1. The summed E-state index contributed by atoms with van der Waals surface area (Å²) in [5.74, 6) is 0. The molecule has 1 aromatic carbocycles. The molecule has 25 heavy (non-hydrogen) atoms. The lowest BCUT2D eigenvalue weighted by Crippen LogP contribution is -2.28. The SMILES string of the molecule is Cc1ccccc1-n1[nH]c2cc(=O)n(CC3CCCO3)c(C)c2c1=O. The molecule has 3 heterocycles. The van der Waals surface area contributed by atoms with Crippen LogP contribution in [0.15, 0.2) is 39.9 Å². The minimum absolute atomic E-state index is 0.0476. The van der Waals surface area contributed by atoms with Gasteiger partial charge in [-0.1, -0.05) is 18.2 Å². The van der Waals surface area contributed by atoms with Gasteiger partial charge in [-0.3, -0.25) is 14.7 Å². The van der Waals surface area contributed by atoms with Gasteiger partial charge in [-0.2, -0.15) is 0 Å². The third kappa shape index (κ3) is 2.62. The van der Waals surface area contributed by atoms with Crippen molar-refractivity contribution in [1.82, 2.24) is 14.3 Å². The lowest BCUT2D eigenvalue weighted by atomic mass is 10.2. The number of para-hydroxylation sites is 1. The second-order valence-corrected chi connectivity index (χ2v) is 6.64. The molecule has 130 valence electrons. The van der Waals surface area contributed by atoms with Gasteiger partial charge in [0.2, 0.25) is 0 Å². The van der Waals surface area contributed by atoms with Gasteiger partial charge in [0.1, 0.15) is 0 Å². The number of fused-ring (bicyclic) bond motifs is 1. The Balaban J connectivity index is 1.89. The number of aromatic amines is 1. The Labute approximate surface area is 144 Å². The number of hydrogen-bond donors (Lipinski definition) is 1. The highest BCUT2D eigenvalue weighted by molar-refractivity contribution is 5.80. The first-order chi connectivity index (χ1) is 12.1. The Morgan fingerprint density at radius 2 is 2.04 bits per heavy atom. The largest absolute Gasteiger partial charge is 0.376 e. The van der Waals surface area contributed by atoms with Crippen molar-refractivity contribution in [2.45, 2.75) is 39.3 Å². The van der Waals surface area contributed by atoms with E-state index in [-0.39, 0.29) is 17.2 Å². The van der Waals surface area contributed by atoms with E-state index in [4.69, 9.17) is 4.74 Å². The van der Waals surface area contributed by atoms with Crippen LogP contribution in [0, 0.1) is 13.8 Å². The van der Waals surface area contributed by atoms with Crippen molar-refractivity contribution in [1.29, 1.82) is 0 Å². The average Bonchev–Trinajstić information content (AvgIpc) is 3.20. The van der Waals surface area contributed by atoms with Crippen LogP contribution in [0.1, 0.15) is 24.1 Å². The summed E-state index contributed by atoms with van der Waals surface area (Å²) in [6, 6.07) is 9.18. The van der Waals surface area contributed by atoms with Gasteiger partial charge in [0.15, 0.2) is 0 Å². The van der Waals surface area contributed by atoms with Crippen molar-refractivity contribution < 1.29 is 4.74 Å². The van der Waals surface area contributed by atoms with E-state index < -0.39 is 0 Å². The molecule has 6 nitrogen and oxygen atoms in total. The van der Waals surface area contributed by atoms with Crippen LogP contribution in [0.2, 0.25) is 0 Å². The minimum atomic E-state index is -0.136. The quantitative estimate of drug-likeness (QED) is 0.796. The number of aryl methyl sites for hydroxylation is 2. The molecule has 0 spiro atoms. The van der Waals surface area contributed by atoms with Crippen molar-refractivity contribution >= 4 is 10.9 Å². The molecule has 2 aromatic heterocycles. The number of pyridine rings is 1. The maximum absolute atomic E-state index is 13.0. The van der Waals surface area contributed by atoms with Gasteiger partial charge in [0.05, 0.1) is 29.2 Å². The summed E-state index contributed by atoms with van der Waals surface area (Å²) in [5.41, 5.74) is 2.79. The molecule has 1 aliphatic rings. The predicted octanol–water partition coefficient (Wildman–Crippen LogP) is 2.28. The molecule has 0 bridgehead atoms. The molecule has 0 radical (unpaired) electrons. The lowest BCUT2D eigenvalue weighted by Gasteiger charge is -2.14. The number of ether oxygens (including phenoxy) is 1. The molecule has 4 rings (SSSR count). The van der Waals surface area contributed by atoms with Crippen LogP contribution in [0.3, 0.4) is 0 Å². The van der Waals surface area contributed by atoms with Gasteiger partial charge in [-0.05, 0) is 38.3 Å². The summed E-state index contributed by atoms with van der Waals surface area (Å²) in [5, 5.41) is 3.64. The normalized spacial score (nSPS) is 17.4. The van der Waals surface area contributed by atoms with Crippen LogP contribution in [0.25, 0.3) is 16.6 Å². The van der Waals surface area contributed by atoms with Gasteiger partial charge in [-0.15, -0.1) is 0 Å². The molecule has 0 amide bonds. The highest BCUT2D eigenvalue weighted by Gasteiger charge is 2.20. The van der Waals surface area contributed by atoms with E-state index in [2.05, 4.69) is 5.10 Å². The Bertz CT molecular complexity index is 1050. The Hall–Kier alpha value is -2.60. The molecule has 1 aliphatic heterocycles. The zero-order valence-corrected chi connectivity index (χ0v) is 14.4. The first-order valence-corrected chi connectivity index (χ1v) is 8.59. The summed E-state index contributed by atoms with van der Waals surface area (Å²) >= 11 is 0. The molecule has 0 aliphatic carbocycles. The predicted molar refractivity (Wildman–Crippen MR) is 96.6 cm³/mol. The Morgan fingerprint density at radius 1 is 1.24 bits per heavy atom. The zero-order valence-electron chi connectivity index (χ0n) is 14.4. The number of rotatable bonds is 3. The second kappa shape index (κ2) is 6.04. The van der Waals surface area contributed by atoms with Gasteiger partial charge in [0.25, 0.3) is 11.1 Å². The van der Waals surface area contributed by atoms with E-state index in [1.807, 2.05) is 38.1 Å². The maximum atomic E-state index is 13.0. The number of H-pyrrole nitrogens is 1. The van der Waals surface area contributed by atoms with E-state index >= 15 is 0 Å². The Morgan fingerprint density at radius 3 is 2.76 bits per heavy atom. The number of nitrogens with zero attached hydrogens (tertiary/aromatic N) is 2. The third-order valence-electron chi connectivity index (χ3n) is 4.99. The number of aromatic nitrogens is 3. The summed E-state index contributed by atoms with van der Waals surface area (Å²) in [7, 11) is 0. The first kappa shape index (κ1) is 15.9. The Kier molecular flexibility index (Phi) is 3.84. The summed E-state index contributed by atoms with van der Waals surface area (Å²) < 4.78 is 8.83. The standard InChI is InChI=1S/C19H21N3O3/c1-12-6-3-4-8-16(12)22-19(24)18-13(2)21(11-14-7-5-9-25-14)17(23)10-15(18)20-22/h3-4,6,8,10,14,20H,5,7,9,11H2,1-2H3. The van der Waals surface area contributed by atoms with Crippen LogP contribution >= 0.6 is 0 Å². The average molecular weight is 339 g/mol. The van der Waals surface area contributed by atoms with E-state index in [0.717, 1.165) is 30.7 Å². The zero-order chi connectivity index (χ0) is 17.6. The van der Waals surface area contributed by atoms with E-state index in [9.17, 15) is 9.59 Å². The fourth-order valence-corrected chi connectivity index (χ4v) is 3.61. The van der Waals surface area contributed by atoms with Crippen LogP contribution in [-0.4, -0.2) is 27.1 Å². The summed E-state index contributed by atoms with van der Waals surface area (Å²) in [6.07, 6.45) is 2.02. The summed E-state index contributed by atoms with van der Waals surface area (Å²) in [4.78, 5) is 25.5. The number of hydrogen-bond acceptors (Lipinski definition) is 3. The molecular weight excluding hydrogens is 318 g/mol. The van der Waals surface area contributed by atoms with Gasteiger partial charge in [0, 0.05) is 18.4 Å². The monoisotopic (exact) mass is 339 g/mol. The van der Waals surface area contributed by atoms with Gasteiger partial charge in [-0.25, -0.2) is 4.68 Å². The van der Waals surface area contributed by atoms with Crippen LogP contribution in [-0.2, 0) is 11.3 Å². The third-order valence-corrected chi connectivity index (χ3v) is 4.99. The first-order valence-electron chi connectivity index (χ1n) is 8.59. The molecule has 1 saturated heterocycles. The summed E-state index contributed by atoms with van der Waals surface area (Å²) in [6.45, 7) is 5.02. The lowest BCUT2D eigenvalue weighted by molar-refractivity contribution is 0.0958. The van der Waals surface area contributed by atoms with Crippen molar-refractivity contribution in [2.75, 3.05) is 6.61 Å². The molecule has 0 saturated carbocycles. The highest BCUT2D eigenvalue weighted by Crippen LogP contribution is 2.18. The molecule has 3 aromatic rings. The molecule has 1 N–H and O–H groups in total. The number of nitrogens with one attached hydrogen (secondary N) is 1. The highest BCUT2D eigenvalue weighted by atomic mass is 16.5. The topological polar surface area (TPSA) is 69.0 Å². The van der Waals surface area contributed by atoms with Crippen LogP contribution in [0.5, 0.6) is 0 Å². The van der Waals surface area contributed by atoms with E-state index in [1.54, 1.807) is 4.57 Å². The fraction of sp³-hybridized carbons (Fsp3) is 0.368. The maximum Gasteiger partial charge on any atom is 0.280 e. The fourth-order valence-electron chi connectivity index (χ4n) is 3.61. The minimum Gasteiger partial charge on any atom is -0.376 e. The smallest absolute Gasteiger partial charge is 0.280 e.